The normalized spacial score (nSPS) is 29.8. The first-order valence-electron chi connectivity index (χ1n) is 25.9. The van der Waals surface area contributed by atoms with Crippen LogP contribution >= 0.6 is 0 Å². The third kappa shape index (κ3) is 5.63. The van der Waals surface area contributed by atoms with E-state index < -0.39 is 5.41 Å². The van der Waals surface area contributed by atoms with E-state index in [9.17, 15) is 0 Å². The molecule has 332 valence electrons. The Morgan fingerprint density at radius 1 is 0.463 bits per heavy atom. The Morgan fingerprint density at radius 3 is 1.67 bits per heavy atom. The van der Waals surface area contributed by atoms with Crippen molar-refractivity contribution >= 4 is 39.0 Å². The van der Waals surface area contributed by atoms with Gasteiger partial charge in [0.25, 0.3) is 0 Å². The highest BCUT2D eigenvalue weighted by Gasteiger charge is 2.57. The molecule has 67 heavy (non-hydrogen) atoms. The molecule has 15 rings (SSSR count). The van der Waals surface area contributed by atoms with Gasteiger partial charge in [0.2, 0.25) is 0 Å². The van der Waals surface area contributed by atoms with Crippen LogP contribution in [0.1, 0.15) is 124 Å². The lowest BCUT2D eigenvalue weighted by Gasteiger charge is -2.46. The van der Waals surface area contributed by atoms with Crippen molar-refractivity contribution in [2.75, 3.05) is 4.90 Å². The quantitative estimate of drug-likeness (QED) is 0.167. The summed E-state index contributed by atoms with van der Waals surface area (Å²) < 4.78 is 6.91. The highest BCUT2D eigenvalue weighted by atomic mass is 16.3. The van der Waals surface area contributed by atoms with E-state index in [1.165, 1.54) is 107 Å². The molecular weight excluding hydrogens is 817 g/mol. The molecule has 6 aromatic carbocycles. The number of hydrogen-bond acceptors (Lipinski definition) is 5. The predicted octanol–water partition coefficient (Wildman–Crippen LogP) is 15.3. The van der Waals surface area contributed by atoms with Crippen molar-refractivity contribution in [1.29, 1.82) is 0 Å². The predicted molar refractivity (Wildman–Crippen MR) is 268 cm³/mol. The minimum absolute atomic E-state index is 0.101. The summed E-state index contributed by atoms with van der Waals surface area (Å²) in [4.78, 5) is 19.6. The average molecular weight is 875 g/mol. The van der Waals surface area contributed by atoms with Gasteiger partial charge in [-0.3, -0.25) is 0 Å². The highest BCUT2D eigenvalue weighted by Crippen LogP contribution is 2.64. The van der Waals surface area contributed by atoms with E-state index >= 15 is 0 Å². The zero-order chi connectivity index (χ0) is 43.9. The smallest absolute Gasteiger partial charge is 0.163 e. The first-order chi connectivity index (χ1) is 33.1. The van der Waals surface area contributed by atoms with E-state index in [2.05, 4.69) is 150 Å². The summed E-state index contributed by atoms with van der Waals surface area (Å²) in [6, 6.07) is 53.6. The van der Waals surface area contributed by atoms with Crippen molar-refractivity contribution in [2.24, 2.45) is 35.5 Å². The summed E-state index contributed by atoms with van der Waals surface area (Å²) >= 11 is 0. The number of aromatic nitrogens is 3. The second-order valence-corrected chi connectivity index (χ2v) is 22.5. The number of nitrogens with zero attached hydrogens (tertiary/aromatic N) is 4. The summed E-state index contributed by atoms with van der Waals surface area (Å²) in [6.45, 7) is 0. The van der Waals surface area contributed by atoms with Crippen LogP contribution in [0.5, 0.6) is 0 Å². The lowest BCUT2D eigenvalue weighted by molar-refractivity contribution is 0.198. The van der Waals surface area contributed by atoms with Crippen LogP contribution in [0.4, 0.5) is 17.1 Å². The van der Waals surface area contributed by atoms with Gasteiger partial charge in [-0.05, 0) is 146 Å². The van der Waals surface area contributed by atoms with Crippen molar-refractivity contribution in [1.82, 2.24) is 15.0 Å². The summed E-state index contributed by atoms with van der Waals surface area (Å²) in [6.07, 6.45) is 18.9. The molecule has 7 aliphatic rings. The van der Waals surface area contributed by atoms with Crippen LogP contribution in [0.25, 0.3) is 33.3 Å². The Hall–Kier alpha value is -6.07. The lowest BCUT2D eigenvalue weighted by Crippen LogP contribution is -2.37. The standard InChI is InChI=1S/C62H58N4O/c1-2-17-46(18-3-1)62(52-23-12-20-49-48-19-4-9-26-55(48)67-56(49)52)50-21-5-7-24-53(50)66(54-25-8-6-22-51(54)62)47-29-27-41(28-30-47)57-63-58(60-33-39-13-10-15-42(35-60)44(31-39)37-60)65-59(64-57)61-34-40-14-11-16-43(36-61)45(32-40)38-61/h1-9,12,17-30,39-40,42-45H,10-11,13-16,31-38H2. The van der Waals surface area contributed by atoms with Crippen molar-refractivity contribution in [3.63, 3.8) is 0 Å². The fourth-order valence-corrected chi connectivity index (χ4v) is 16.6. The van der Waals surface area contributed by atoms with Gasteiger partial charge in [-0.15, -0.1) is 0 Å². The fourth-order valence-electron chi connectivity index (χ4n) is 16.6. The molecule has 6 aliphatic carbocycles. The van der Waals surface area contributed by atoms with Gasteiger partial charge in [-0.2, -0.15) is 0 Å². The molecule has 2 aromatic heterocycles. The van der Waals surface area contributed by atoms with Gasteiger partial charge in [0.1, 0.15) is 22.8 Å². The van der Waals surface area contributed by atoms with Gasteiger partial charge in [-0.25, -0.2) is 15.0 Å². The number of para-hydroxylation sites is 4. The van der Waals surface area contributed by atoms with Gasteiger partial charge in [0.05, 0.1) is 16.8 Å². The maximum absolute atomic E-state index is 6.91. The number of hydrogen-bond donors (Lipinski definition) is 0. The second-order valence-electron chi connectivity index (χ2n) is 22.5. The molecule has 0 amide bonds. The van der Waals surface area contributed by atoms with Crippen LogP contribution in [0.3, 0.4) is 0 Å². The van der Waals surface area contributed by atoms with Crippen molar-refractivity contribution in [3.8, 4) is 11.4 Å². The molecule has 8 unspecified atom stereocenters. The minimum Gasteiger partial charge on any atom is -0.456 e. The largest absolute Gasteiger partial charge is 0.456 e. The van der Waals surface area contributed by atoms with E-state index in [-0.39, 0.29) is 10.8 Å². The van der Waals surface area contributed by atoms with Gasteiger partial charge >= 0.3 is 0 Å². The Bertz CT molecular complexity index is 3130. The first kappa shape index (κ1) is 39.0. The molecule has 5 nitrogen and oxygen atoms in total. The Kier molecular flexibility index (Phi) is 8.42. The number of anilines is 3. The molecule has 0 spiro atoms. The zero-order valence-corrected chi connectivity index (χ0v) is 38.4. The van der Waals surface area contributed by atoms with Gasteiger partial charge in [0.15, 0.2) is 5.82 Å². The maximum Gasteiger partial charge on any atom is 0.163 e. The van der Waals surface area contributed by atoms with Gasteiger partial charge in [-0.1, -0.05) is 142 Å². The average Bonchev–Trinajstić information content (AvgIpc) is 3.90. The molecule has 6 saturated carbocycles. The molecule has 0 radical (unpaired) electrons. The zero-order valence-electron chi connectivity index (χ0n) is 38.4. The van der Waals surface area contributed by atoms with Crippen LogP contribution < -0.4 is 4.90 Å². The van der Waals surface area contributed by atoms with E-state index in [1.807, 2.05) is 0 Å². The van der Waals surface area contributed by atoms with Crippen molar-refractivity contribution in [2.45, 2.75) is 106 Å². The molecule has 8 atom stereocenters. The van der Waals surface area contributed by atoms with E-state index in [4.69, 9.17) is 19.4 Å². The van der Waals surface area contributed by atoms with Crippen molar-refractivity contribution < 1.29 is 4.42 Å². The minimum atomic E-state index is -0.664. The van der Waals surface area contributed by atoms with Crippen LogP contribution in [-0.4, -0.2) is 15.0 Å². The molecule has 6 bridgehead atoms. The first-order valence-corrected chi connectivity index (χ1v) is 25.9. The summed E-state index contributed by atoms with van der Waals surface area (Å²) in [5.41, 5.74) is 10.7. The topological polar surface area (TPSA) is 55.1 Å². The molecule has 8 aromatic rings. The van der Waals surface area contributed by atoms with Crippen LogP contribution in [0, 0.1) is 35.5 Å². The van der Waals surface area contributed by atoms with E-state index in [1.54, 1.807) is 0 Å². The lowest BCUT2D eigenvalue weighted by atomic mass is 9.62. The van der Waals surface area contributed by atoms with Crippen LogP contribution in [0.2, 0.25) is 0 Å². The molecular formula is C62H58N4O. The number of fused-ring (bicyclic) bond motifs is 9. The van der Waals surface area contributed by atoms with Crippen LogP contribution in [-0.2, 0) is 16.2 Å². The summed E-state index contributed by atoms with van der Waals surface area (Å²) in [7, 11) is 0. The Balaban J connectivity index is 0.884. The van der Waals surface area contributed by atoms with Gasteiger partial charge < -0.3 is 9.32 Å². The van der Waals surface area contributed by atoms with Crippen molar-refractivity contribution in [3.05, 3.63) is 179 Å². The maximum atomic E-state index is 6.91. The third-order valence-corrected chi connectivity index (χ3v) is 19.0. The molecule has 5 heteroatoms. The summed E-state index contributed by atoms with van der Waals surface area (Å²) in [5, 5.41) is 2.28. The number of furan rings is 1. The van der Waals surface area contributed by atoms with E-state index in [0.29, 0.717) is 0 Å². The second kappa shape index (κ2) is 14.5. The molecule has 3 heterocycles. The number of rotatable bonds is 6. The SMILES string of the molecule is c1ccc(C2(c3cccc4c3oc3ccccc34)c3ccccc3N(c3ccc(-c4nc(C56CC7CCCC(C5)C(C7)C6)nc(C56CC7CCCC(C5)C(C7)C6)n4)cc3)c3ccccc32)cc1. The summed E-state index contributed by atoms with van der Waals surface area (Å²) in [5.74, 6) is 8.20. The highest BCUT2D eigenvalue weighted by molar-refractivity contribution is 6.07. The molecule has 6 fully saturated rings. The Morgan fingerprint density at radius 2 is 1.01 bits per heavy atom. The molecule has 0 N–H and O–H groups in total. The molecule has 0 saturated heterocycles. The monoisotopic (exact) mass is 874 g/mol. The molecule has 1 aliphatic heterocycles. The Labute approximate surface area is 394 Å². The van der Waals surface area contributed by atoms with Gasteiger partial charge in [0, 0.05) is 38.4 Å². The third-order valence-electron chi connectivity index (χ3n) is 19.0. The van der Waals surface area contributed by atoms with Crippen LogP contribution in [0.15, 0.2) is 150 Å². The van der Waals surface area contributed by atoms with E-state index in [0.717, 1.165) is 103 Å². The number of benzene rings is 6. The fraction of sp³-hybridized carbons (Fsp3) is 0.371.